The molecule has 0 unspecified atom stereocenters. The molecule has 0 amide bonds. The first-order valence-electron chi connectivity index (χ1n) is 6.64. The number of para-hydroxylation sites is 1. The maximum absolute atomic E-state index is 10.5. The molecule has 0 atom stereocenters. The summed E-state index contributed by atoms with van der Waals surface area (Å²) in [7, 11) is 0. The number of aliphatic carboxylic acids is 1. The lowest BCUT2D eigenvalue weighted by molar-refractivity contribution is -0.136. The summed E-state index contributed by atoms with van der Waals surface area (Å²) in [5.74, 6) is -0.798. The molecule has 0 spiro atoms. The number of aromatic nitrogens is 1. The molecule has 0 fully saturated rings. The lowest BCUT2D eigenvalue weighted by Crippen LogP contribution is -2.07. The Morgan fingerprint density at radius 2 is 1.90 bits per heavy atom. The second kappa shape index (κ2) is 5.93. The van der Waals surface area contributed by atoms with Gasteiger partial charge in [-0.3, -0.25) is 4.79 Å². The minimum absolute atomic E-state index is 0.111. The van der Waals surface area contributed by atoms with Gasteiger partial charge in [0.1, 0.15) is 5.01 Å². The molecule has 0 aliphatic carbocycles. The Morgan fingerprint density at radius 3 is 2.62 bits per heavy atom. The number of benzene rings is 2. The van der Waals surface area contributed by atoms with Gasteiger partial charge in [-0.05, 0) is 36.4 Å². The predicted molar refractivity (Wildman–Crippen MR) is 85.8 cm³/mol. The summed E-state index contributed by atoms with van der Waals surface area (Å²) in [5.41, 5.74) is 3.00. The molecule has 21 heavy (non-hydrogen) atoms. The number of rotatable bonds is 5. The molecule has 1 heterocycles. The summed E-state index contributed by atoms with van der Waals surface area (Å²) < 4.78 is 1.18. The number of carboxylic acids is 1. The van der Waals surface area contributed by atoms with Crippen molar-refractivity contribution in [3.63, 3.8) is 0 Å². The highest BCUT2D eigenvalue weighted by atomic mass is 32.1. The fraction of sp³-hybridized carbons (Fsp3) is 0.125. The van der Waals surface area contributed by atoms with E-state index in [2.05, 4.69) is 16.4 Å². The molecule has 1 aromatic heterocycles. The number of hydrogen-bond donors (Lipinski definition) is 2. The first-order valence-corrected chi connectivity index (χ1v) is 7.46. The van der Waals surface area contributed by atoms with E-state index in [1.807, 2.05) is 42.5 Å². The van der Waals surface area contributed by atoms with Crippen LogP contribution in [0.25, 0.3) is 20.8 Å². The van der Waals surface area contributed by atoms with Crippen molar-refractivity contribution >= 4 is 33.2 Å². The van der Waals surface area contributed by atoms with E-state index in [0.29, 0.717) is 6.54 Å². The zero-order valence-corrected chi connectivity index (χ0v) is 12.1. The molecule has 0 saturated heterocycles. The van der Waals surface area contributed by atoms with Gasteiger partial charge in [-0.15, -0.1) is 11.3 Å². The molecule has 0 radical (unpaired) electrons. The standard InChI is InChI=1S/C16H14N2O2S/c19-15(20)9-10-17-12-7-5-11(6-8-12)16-18-13-3-1-2-4-14(13)21-16/h1-8,17H,9-10H2,(H,19,20). The van der Waals surface area contributed by atoms with Gasteiger partial charge in [-0.2, -0.15) is 0 Å². The molecule has 106 valence electrons. The summed E-state index contributed by atoms with van der Waals surface area (Å²) in [6.07, 6.45) is 0.111. The Kier molecular flexibility index (Phi) is 3.83. The fourth-order valence-electron chi connectivity index (χ4n) is 2.04. The van der Waals surface area contributed by atoms with Gasteiger partial charge in [0.15, 0.2) is 0 Å². The SMILES string of the molecule is O=C(O)CCNc1ccc(-c2nc3ccccc3s2)cc1. The highest BCUT2D eigenvalue weighted by Gasteiger charge is 2.05. The quantitative estimate of drug-likeness (QED) is 0.751. The van der Waals surface area contributed by atoms with Crippen LogP contribution in [0.2, 0.25) is 0 Å². The molecular weight excluding hydrogens is 284 g/mol. The van der Waals surface area contributed by atoms with E-state index in [1.54, 1.807) is 11.3 Å². The molecule has 5 heteroatoms. The molecule has 0 bridgehead atoms. The third kappa shape index (κ3) is 3.20. The van der Waals surface area contributed by atoms with Crippen molar-refractivity contribution < 1.29 is 9.90 Å². The number of nitrogens with zero attached hydrogens (tertiary/aromatic N) is 1. The van der Waals surface area contributed by atoms with Crippen LogP contribution in [0.4, 0.5) is 5.69 Å². The van der Waals surface area contributed by atoms with E-state index in [-0.39, 0.29) is 6.42 Å². The highest BCUT2D eigenvalue weighted by Crippen LogP contribution is 2.30. The van der Waals surface area contributed by atoms with Gasteiger partial charge in [-0.1, -0.05) is 12.1 Å². The third-order valence-corrected chi connectivity index (χ3v) is 4.18. The largest absolute Gasteiger partial charge is 0.481 e. The Balaban J connectivity index is 1.75. The van der Waals surface area contributed by atoms with Gasteiger partial charge in [0.2, 0.25) is 0 Å². The number of thiazole rings is 1. The van der Waals surface area contributed by atoms with Gasteiger partial charge in [0, 0.05) is 17.8 Å². The monoisotopic (exact) mass is 298 g/mol. The molecule has 0 saturated carbocycles. The first-order chi connectivity index (χ1) is 10.2. The Morgan fingerprint density at radius 1 is 1.14 bits per heavy atom. The van der Waals surface area contributed by atoms with Crippen molar-refractivity contribution in [3.05, 3.63) is 48.5 Å². The molecule has 3 aromatic rings. The minimum atomic E-state index is -0.798. The summed E-state index contributed by atoms with van der Waals surface area (Å²) in [4.78, 5) is 15.1. The van der Waals surface area contributed by atoms with Gasteiger partial charge in [0.05, 0.1) is 16.6 Å². The van der Waals surface area contributed by atoms with E-state index >= 15 is 0 Å². The Bertz CT molecular complexity index is 732. The topological polar surface area (TPSA) is 62.2 Å². The van der Waals surface area contributed by atoms with E-state index in [0.717, 1.165) is 21.8 Å². The zero-order chi connectivity index (χ0) is 14.7. The summed E-state index contributed by atoms with van der Waals surface area (Å²) >= 11 is 1.67. The van der Waals surface area contributed by atoms with Crippen molar-refractivity contribution in [1.82, 2.24) is 4.98 Å². The zero-order valence-electron chi connectivity index (χ0n) is 11.2. The van der Waals surface area contributed by atoms with Crippen LogP contribution in [0, 0.1) is 0 Å². The van der Waals surface area contributed by atoms with Crippen LogP contribution in [0.15, 0.2) is 48.5 Å². The van der Waals surface area contributed by atoms with Crippen LogP contribution in [0.1, 0.15) is 6.42 Å². The van der Waals surface area contributed by atoms with Crippen molar-refractivity contribution in [2.75, 3.05) is 11.9 Å². The van der Waals surface area contributed by atoms with E-state index in [9.17, 15) is 4.79 Å². The maximum atomic E-state index is 10.5. The average molecular weight is 298 g/mol. The van der Waals surface area contributed by atoms with Crippen LogP contribution >= 0.6 is 11.3 Å². The molecule has 2 N–H and O–H groups in total. The summed E-state index contributed by atoms with van der Waals surface area (Å²) in [6, 6.07) is 16.0. The second-order valence-corrected chi connectivity index (χ2v) is 5.67. The molecule has 0 aliphatic rings. The van der Waals surface area contributed by atoms with Gasteiger partial charge in [0.25, 0.3) is 0 Å². The predicted octanol–water partition coefficient (Wildman–Crippen LogP) is 3.85. The molecule has 3 rings (SSSR count). The van der Waals surface area contributed by atoms with E-state index < -0.39 is 5.97 Å². The molecule has 4 nitrogen and oxygen atoms in total. The third-order valence-electron chi connectivity index (χ3n) is 3.09. The number of hydrogen-bond acceptors (Lipinski definition) is 4. The lowest BCUT2D eigenvalue weighted by atomic mass is 10.2. The van der Waals surface area contributed by atoms with Crippen LogP contribution in [-0.2, 0) is 4.79 Å². The normalized spacial score (nSPS) is 10.7. The lowest BCUT2D eigenvalue weighted by Gasteiger charge is -2.05. The van der Waals surface area contributed by atoms with Crippen LogP contribution in [0.3, 0.4) is 0 Å². The minimum Gasteiger partial charge on any atom is -0.481 e. The fourth-order valence-corrected chi connectivity index (χ4v) is 3.01. The highest BCUT2D eigenvalue weighted by molar-refractivity contribution is 7.21. The van der Waals surface area contributed by atoms with Crippen molar-refractivity contribution in [2.45, 2.75) is 6.42 Å². The van der Waals surface area contributed by atoms with Crippen molar-refractivity contribution in [1.29, 1.82) is 0 Å². The average Bonchev–Trinajstić information content (AvgIpc) is 2.91. The second-order valence-electron chi connectivity index (χ2n) is 4.63. The van der Waals surface area contributed by atoms with Gasteiger partial charge in [-0.25, -0.2) is 4.98 Å². The molecule has 0 aliphatic heterocycles. The number of carbonyl (C=O) groups is 1. The summed E-state index contributed by atoms with van der Waals surface area (Å²) in [6.45, 7) is 0.426. The van der Waals surface area contributed by atoms with Crippen LogP contribution in [-0.4, -0.2) is 22.6 Å². The Hall–Kier alpha value is -2.40. The van der Waals surface area contributed by atoms with Crippen LogP contribution in [0.5, 0.6) is 0 Å². The van der Waals surface area contributed by atoms with E-state index in [4.69, 9.17) is 5.11 Å². The van der Waals surface area contributed by atoms with Crippen molar-refractivity contribution in [3.8, 4) is 10.6 Å². The van der Waals surface area contributed by atoms with E-state index in [1.165, 1.54) is 4.70 Å². The molecular formula is C16H14N2O2S. The number of nitrogens with one attached hydrogen (secondary N) is 1. The van der Waals surface area contributed by atoms with Crippen molar-refractivity contribution in [2.24, 2.45) is 0 Å². The number of fused-ring (bicyclic) bond motifs is 1. The van der Waals surface area contributed by atoms with Crippen LogP contribution < -0.4 is 5.32 Å². The summed E-state index contributed by atoms with van der Waals surface area (Å²) in [5, 5.41) is 12.7. The smallest absolute Gasteiger partial charge is 0.305 e. The van der Waals surface area contributed by atoms with Gasteiger partial charge < -0.3 is 10.4 Å². The maximum Gasteiger partial charge on any atom is 0.305 e. The molecule has 2 aromatic carbocycles. The number of anilines is 1. The number of carboxylic acid groups (broad SMARTS) is 1. The first kappa shape index (κ1) is 13.6. The Labute approximate surface area is 126 Å². The van der Waals surface area contributed by atoms with Gasteiger partial charge >= 0.3 is 5.97 Å².